The van der Waals surface area contributed by atoms with Gasteiger partial charge in [-0.2, -0.15) is 0 Å². The average molecular weight is 272 g/mol. The number of piperidine rings is 1. The largest absolute Gasteiger partial charge is 0.358 e. The Morgan fingerprint density at radius 2 is 2.10 bits per heavy atom. The van der Waals surface area contributed by atoms with Crippen LogP contribution in [0.25, 0.3) is 0 Å². The first-order valence-electron chi connectivity index (χ1n) is 7.64. The van der Waals surface area contributed by atoms with E-state index in [1.54, 1.807) is 0 Å². The van der Waals surface area contributed by atoms with Crippen LogP contribution in [0.4, 0.5) is 11.4 Å². The maximum absolute atomic E-state index is 12.2. The molecule has 0 bridgehead atoms. The highest BCUT2D eigenvalue weighted by Gasteiger charge is 2.34. The van der Waals surface area contributed by atoms with Gasteiger partial charge in [0.15, 0.2) is 0 Å². The molecule has 3 rings (SSSR count). The quantitative estimate of drug-likeness (QED) is 0.847. The summed E-state index contributed by atoms with van der Waals surface area (Å²) in [5, 5.41) is 3.07. The standard InChI is InChI=1S/C17H24N2O/c1-17(2,3)11-12-7-8-13-15(10-12)19-9-5-4-6-14(19)16(20)18-13/h7-8,10,14H,4-6,9,11H2,1-3H3,(H,18,20). The van der Waals surface area contributed by atoms with Gasteiger partial charge in [-0.3, -0.25) is 4.79 Å². The number of benzene rings is 1. The number of amides is 1. The van der Waals surface area contributed by atoms with Crippen molar-refractivity contribution in [3.8, 4) is 0 Å². The lowest BCUT2D eigenvalue weighted by atomic mass is 9.87. The predicted molar refractivity (Wildman–Crippen MR) is 83.2 cm³/mol. The normalized spacial score (nSPS) is 22.1. The molecule has 2 heterocycles. The second-order valence-electron chi connectivity index (χ2n) is 7.28. The zero-order chi connectivity index (χ0) is 14.3. The van der Waals surface area contributed by atoms with Crippen molar-refractivity contribution in [2.45, 2.75) is 52.5 Å². The number of fused-ring (bicyclic) bond motifs is 3. The van der Waals surface area contributed by atoms with Crippen LogP contribution in [0.2, 0.25) is 0 Å². The van der Waals surface area contributed by atoms with Crippen molar-refractivity contribution >= 4 is 17.3 Å². The Morgan fingerprint density at radius 3 is 2.85 bits per heavy atom. The minimum Gasteiger partial charge on any atom is -0.358 e. The highest BCUT2D eigenvalue weighted by atomic mass is 16.2. The first kappa shape index (κ1) is 13.5. The molecule has 1 atom stereocenters. The van der Waals surface area contributed by atoms with Gasteiger partial charge in [0.25, 0.3) is 0 Å². The molecule has 3 nitrogen and oxygen atoms in total. The Labute approximate surface area is 121 Å². The Hall–Kier alpha value is -1.51. The number of rotatable bonds is 1. The lowest BCUT2D eigenvalue weighted by molar-refractivity contribution is -0.118. The van der Waals surface area contributed by atoms with Crippen LogP contribution in [-0.4, -0.2) is 18.5 Å². The van der Waals surface area contributed by atoms with Gasteiger partial charge >= 0.3 is 0 Å². The minimum atomic E-state index is 0.0427. The molecule has 0 spiro atoms. The van der Waals surface area contributed by atoms with Crippen molar-refractivity contribution in [2.75, 3.05) is 16.8 Å². The molecule has 1 unspecified atom stereocenters. The van der Waals surface area contributed by atoms with Gasteiger partial charge in [-0.05, 0) is 48.8 Å². The van der Waals surface area contributed by atoms with E-state index in [1.165, 1.54) is 17.7 Å². The number of anilines is 2. The fourth-order valence-electron chi connectivity index (χ4n) is 3.35. The van der Waals surface area contributed by atoms with Crippen LogP contribution < -0.4 is 10.2 Å². The minimum absolute atomic E-state index is 0.0427. The van der Waals surface area contributed by atoms with Gasteiger partial charge in [-0.15, -0.1) is 0 Å². The summed E-state index contributed by atoms with van der Waals surface area (Å²) in [5.74, 6) is 0.167. The van der Waals surface area contributed by atoms with Crippen LogP contribution in [0.1, 0.15) is 45.6 Å². The van der Waals surface area contributed by atoms with Crippen LogP contribution in [0.15, 0.2) is 18.2 Å². The molecule has 3 heteroatoms. The van der Waals surface area contributed by atoms with E-state index < -0.39 is 0 Å². The van der Waals surface area contributed by atoms with Gasteiger partial charge in [0, 0.05) is 6.54 Å². The van der Waals surface area contributed by atoms with E-state index >= 15 is 0 Å². The lowest BCUT2D eigenvalue weighted by Gasteiger charge is -2.41. The summed E-state index contributed by atoms with van der Waals surface area (Å²) in [6.45, 7) is 7.79. The van der Waals surface area contributed by atoms with E-state index in [9.17, 15) is 4.79 Å². The second kappa shape index (κ2) is 4.80. The van der Waals surface area contributed by atoms with Gasteiger partial charge in [0.2, 0.25) is 5.91 Å². The Balaban J connectivity index is 1.95. The third kappa shape index (κ3) is 2.54. The summed E-state index contributed by atoms with van der Waals surface area (Å²) in [6, 6.07) is 6.53. The van der Waals surface area contributed by atoms with Gasteiger partial charge in [-0.1, -0.05) is 26.8 Å². The van der Waals surface area contributed by atoms with E-state index in [4.69, 9.17) is 0 Å². The van der Waals surface area contributed by atoms with Crippen LogP contribution in [0, 0.1) is 5.41 Å². The van der Waals surface area contributed by atoms with Gasteiger partial charge < -0.3 is 10.2 Å². The number of nitrogens with zero attached hydrogens (tertiary/aromatic N) is 1. The maximum atomic E-state index is 12.2. The van der Waals surface area contributed by atoms with E-state index in [-0.39, 0.29) is 17.4 Å². The molecule has 1 amide bonds. The molecule has 1 N–H and O–H groups in total. The summed E-state index contributed by atoms with van der Waals surface area (Å²) in [6.07, 6.45) is 4.39. The van der Waals surface area contributed by atoms with Crippen molar-refractivity contribution in [1.29, 1.82) is 0 Å². The van der Waals surface area contributed by atoms with Crippen molar-refractivity contribution < 1.29 is 4.79 Å². The summed E-state index contributed by atoms with van der Waals surface area (Å²) in [7, 11) is 0. The molecule has 2 aliphatic rings. The Kier molecular flexibility index (Phi) is 3.23. The van der Waals surface area contributed by atoms with Crippen molar-refractivity contribution in [3.63, 3.8) is 0 Å². The van der Waals surface area contributed by atoms with Gasteiger partial charge in [0.1, 0.15) is 6.04 Å². The fourth-order valence-corrected chi connectivity index (χ4v) is 3.35. The first-order valence-corrected chi connectivity index (χ1v) is 7.64. The number of hydrogen-bond acceptors (Lipinski definition) is 2. The van der Waals surface area contributed by atoms with E-state index in [0.29, 0.717) is 0 Å². The molecule has 2 aliphatic heterocycles. The van der Waals surface area contributed by atoms with E-state index in [0.717, 1.165) is 31.5 Å². The van der Waals surface area contributed by atoms with Crippen molar-refractivity contribution in [1.82, 2.24) is 0 Å². The molecule has 20 heavy (non-hydrogen) atoms. The molecule has 0 aliphatic carbocycles. The molecule has 0 saturated carbocycles. The van der Waals surface area contributed by atoms with Crippen LogP contribution >= 0.6 is 0 Å². The summed E-state index contributed by atoms with van der Waals surface area (Å²) in [5.41, 5.74) is 3.84. The third-order valence-electron chi connectivity index (χ3n) is 4.17. The molecule has 1 aromatic rings. The van der Waals surface area contributed by atoms with Crippen LogP contribution in [-0.2, 0) is 11.2 Å². The Bertz CT molecular complexity index is 530. The van der Waals surface area contributed by atoms with Gasteiger partial charge in [0.05, 0.1) is 11.4 Å². The van der Waals surface area contributed by atoms with Crippen LogP contribution in [0.3, 0.4) is 0 Å². The molecule has 0 radical (unpaired) electrons. The average Bonchev–Trinajstić information content (AvgIpc) is 2.38. The molecule has 0 aromatic heterocycles. The van der Waals surface area contributed by atoms with Crippen molar-refractivity contribution in [3.05, 3.63) is 23.8 Å². The van der Waals surface area contributed by atoms with E-state index in [1.807, 2.05) is 0 Å². The number of nitrogens with one attached hydrogen (secondary N) is 1. The number of carbonyl (C=O) groups is 1. The number of carbonyl (C=O) groups excluding carboxylic acids is 1. The third-order valence-corrected chi connectivity index (χ3v) is 4.17. The fraction of sp³-hybridized carbons (Fsp3) is 0.588. The van der Waals surface area contributed by atoms with Crippen LogP contribution in [0.5, 0.6) is 0 Å². The predicted octanol–water partition coefficient (Wildman–Crippen LogP) is 3.59. The molecule has 1 saturated heterocycles. The maximum Gasteiger partial charge on any atom is 0.247 e. The lowest BCUT2D eigenvalue weighted by Crippen LogP contribution is -2.50. The van der Waals surface area contributed by atoms with Crippen molar-refractivity contribution in [2.24, 2.45) is 5.41 Å². The molecular weight excluding hydrogens is 248 g/mol. The smallest absolute Gasteiger partial charge is 0.247 e. The SMILES string of the molecule is CC(C)(C)Cc1ccc2c(c1)N1CCCCC1C(=O)N2. The summed E-state index contributed by atoms with van der Waals surface area (Å²) >= 11 is 0. The zero-order valence-corrected chi connectivity index (χ0v) is 12.7. The second-order valence-corrected chi connectivity index (χ2v) is 7.28. The Morgan fingerprint density at radius 1 is 1.30 bits per heavy atom. The number of hydrogen-bond donors (Lipinski definition) is 1. The van der Waals surface area contributed by atoms with Gasteiger partial charge in [-0.25, -0.2) is 0 Å². The molecule has 108 valence electrons. The topological polar surface area (TPSA) is 32.3 Å². The molecule has 1 fully saturated rings. The molecule has 1 aromatic carbocycles. The van der Waals surface area contributed by atoms with E-state index in [2.05, 4.69) is 49.2 Å². The summed E-state index contributed by atoms with van der Waals surface area (Å²) < 4.78 is 0. The highest BCUT2D eigenvalue weighted by Crippen LogP contribution is 2.37. The highest BCUT2D eigenvalue weighted by molar-refractivity contribution is 6.03. The molecular formula is C17H24N2O. The first-order chi connectivity index (χ1) is 9.44. The zero-order valence-electron chi connectivity index (χ0n) is 12.7. The monoisotopic (exact) mass is 272 g/mol. The summed E-state index contributed by atoms with van der Waals surface area (Å²) in [4.78, 5) is 14.5.